The van der Waals surface area contributed by atoms with Gasteiger partial charge in [0.25, 0.3) is 0 Å². The van der Waals surface area contributed by atoms with E-state index in [9.17, 15) is 54.3 Å². The molecule has 2 aromatic carbocycles. The van der Waals surface area contributed by atoms with Gasteiger partial charge in [-0.25, -0.2) is 9.59 Å². The Morgan fingerprint density at radius 1 is 0.568 bits per heavy atom. The minimum absolute atomic E-state index is 0.0634. The molecule has 0 bridgehead atoms. The average Bonchev–Trinajstić information content (AvgIpc) is 2.97. The molecule has 16 heteroatoms. The van der Waals surface area contributed by atoms with E-state index >= 15 is 0 Å². The molecule has 8 nitrogen and oxygen atoms in total. The fourth-order valence-corrected chi connectivity index (χ4v) is 3.26. The summed E-state index contributed by atoms with van der Waals surface area (Å²) in [4.78, 5) is 47.6. The highest BCUT2D eigenvalue weighted by molar-refractivity contribution is 6.00. The molecule has 2 N–H and O–H groups in total. The lowest BCUT2D eigenvalue weighted by atomic mass is 9.97. The van der Waals surface area contributed by atoms with Gasteiger partial charge >= 0.3 is 47.4 Å². The maximum Gasteiger partial charge on any atom is 0.393 e. The highest BCUT2D eigenvalue weighted by Crippen LogP contribution is 2.53. The van der Waals surface area contributed by atoms with Crippen molar-refractivity contribution in [3.05, 3.63) is 59.7 Å². The van der Waals surface area contributed by atoms with Gasteiger partial charge in [-0.2, -0.15) is 35.1 Å². The number of carbonyl (C=O) groups is 4. The summed E-state index contributed by atoms with van der Waals surface area (Å²) in [6, 6.07) is 6.87. The molecule has 2 amide bonds. The Morgan fingerprint density at radius 3 is 1.14 bits per heavy atom. The van der Waals surface area contributed by atoms with E-state index in [1.165, 1.54) is 10.6 Å². The van der Waals surface area contributed by atoms with Gasteiger partial charge in [0.15, 0.2) is 0 Å². The van der Waals surface area contributed by atoms with Crippen LogP contribution in [0.15, 0.2) is 48.5 Å². The molecule has 0 unspecified atom stereocenters. The first-order valence-corrected chi connectivity index (χ1v) is 13.1. The van der Waals surface area contributed by atoms with Crippen molar-refractivity contribution in [1.29, 1.82) is 0 Å². The van der Waals surface area contributed by atoms with E-state index in [1.54, 1.807) is 0 Å². The van der Waals surface area contributed by atoms with Gasteiger partial charge in [0.1, 0.15) is 0 Å². The van der Waals surface area contributed by atoms with Gasteiger partial charge in [0, 0.05) is 11.4 Å². The first-order valence-electron chi connectivity index (χ1n) is 13.1. The number of carbonyl (C=O) groups excluding carboxylic acids is 4. The molecular formula is C28H28F8N2O6. The summed E-state index contributed by atoms with van der Waals surface area (Å²) in [5.41, 5.74) is -1.62. The number of rotatable bonds is 15. The van der Waals surface area contributed by atoms with Gasteiger partial charge in [0.2, 0.25) is 0 Å². The van der Waals surface area contributed by atoms with Crippen molar-refractivity contribution < 1.29 is 63.8 Å². The minimum atomic E-state index is -7.10. The lowest BCUT2D eigenvalue weighted by Gasteiger charge is -2.35. The number of ether oxygens (including phenoxy) is 2. The second-order valence-corrected chi connectivity index (χ2v) is 9.34. The molecule has 0 aliphatic rings. The fraction of sp³-hybridized carbons (Fsp3) is 0.429. The third-order valence-electron chi connectivity index (χ3n) is 5.97. The topological polar surface area (TPSA) is 111 Å². The molecule has 0 atom stereocenters. The van der Waals surface area contributed by atoms with Crippen LogP contribution in [-0.2, 0) is 19.1 Å². The highest BCUT2D eigenvalue weighted by Gasteiger charge is 2.84. The second-order valence-electron chi connectivity index (χ2n) is 9.34. The van der Waals surface area contributed by atoms with Crippen molar-refractivity contribution in [3.8, 4) is 0 Å². The lowest BCUT2D eigenvalue weighted by Crippen LogP contribution is -2.67. The Morgan fingerprint density at radius 2 is 0.864 bits per heavy atom. The number of hydrogen-bond donors (Lipinski definition) is 2. The van der Waals surface area contributed by atoms with Crippen LogP contribution in [0.2, 0.25) is 0 Å². The van der Waals surface area contributed by atoms with Gasteiger partial charge < -0.3 is 20.1 Å². The molecular weight excluding hydrogens is 612 g/mol. The molecule has 0 radical (unpaired) electrons. The van der Waals surface area contributed by atoms with Crippen molar-refractivity contribution >= 4 is 35.1 Å². The SMILES string of the molecule is CCCCOC(=O)c1ccc(NC(=O)C(F)(F)C(F)(F)C(F)(F)C(F)(F)C(=O)Nc2ccc(C(=O)OCCCC)cc2)cc1. The van der Waals surface area contributed by atoms with E-state index in [4.69, 9.17) is 9.47 Å². The summed E-state index contributed by atoms with van der Waals surface area (Å²) in [6.07, 6.45) is 2.50. The first kappa shape index (κ1) is 36.0. The Kier molecular flexibility index (Phi) is 11.8. The standard InChI is InChI=1S/C28H28F8N2O6/c1-3-5-15-43-21(39)17-7-11-19(12-8-17)37-23(41)25(29,30)27(33,34)28(35,36)26(31,32)24(42)38-20-13-9-18(10-14-20)22(40)44-16-6-4-2/h7-14H,3-6,15-16H2,1-2H3,(H,37,41)(H,38,42). The van der Waals surface area contributed by atoms with E-state index < -0.39 is 58.8 Å². The third kappa shape index (κ3) is 7.82. The van der Waals surface area contributed by atoms with E-state index in [0.29, 0.717) is 25.7 Å². The van der Waals surface area contributed by atoms with Crippen LogP contribution < -0.4 is 10.6 Å². The van der Waals surface area contributed by atoms with Crippen molar-refractivity contribution in [3.63, 3.8) is 0 Å². The molecule has 0 heterocycles. The van der Waals surface area contributed by atoms with E-state index in [0.717, 1.165) is 48.5 Å². The number of amides is 2. The van der Waals surface area contributed by atoms with E-state index in [-0.39, 0.29) is 24.3 Å². The van der Waals surface area contributed by atoms with Crippen LogP contribution in [0.3, 0.4) is 0 Å². The minimum Gasteiger partial charge on any atom is -0.462 e. The maximum atomic E-state index is 14.4. The first-order chi connectivity index (χ1) is 20.4. The number of anilines is 2. The zero-order chi connectivity index (χ0) is 33.3. The average molecular weight is 641 g/mol. The van der Waals surface area contributed by atoms with Gasteiger partial charge in [-0.3, -0.25) is 9.59 Å². The molecule has 0 fully saturated rings. The largest absolute Gasteiger partial charge is 0.462 e. The Labute approximate surface area is 246 Å². The molecule has 2 rings (SSSR count). The number of esters is 2. The molecule has 242 valence electrons. The molecule has 2 aromatic rings. The number of nitrogens with one attached hydrogen (secondary N) is 2. The Bertz CT molecular complexity index is 1220. The predicted octanol–water partition coefficient (Wildman–Crippen LogP) is 6.72. The summed E-state index contributed by atoms with van der Waals surface area (Å²) in [6.45, 7) is 3.78. The number of benzene rings is 2. The van der Waals surface area contributed by atoms with Crippen molar-refractivity contribution in [1.82, 2.24) is 0 Å². The van der Waals surface area contributed by atoms with Gasteiger partial charge in [-0.1, -0.05) is 26.7 Å². The second kappa shape index (κ2) is 14.5. The van der Waals surface area contributed by atoms with Crippen LogP contribution in [0.5, 0.6) is 0 Å². The molecule has 0 saturated carbocycles. The van der Waals surface area contributed by atoms with Crippen LogP contribution in [-0.4, -0.2) is 60.7 Å². The molecule has 0 saturated heterocycles. The van der Waals surface area contributed by atoms with Crippen LogP contribution in [0.25, 0.3) is 0 Å². The molecule has 44 heavy (non-hydrogen) atoms. The molecule has 0 aromatic heterocycles. The number of unbranched alkanes of at least 4 members (excludes halogenated alkanes) is 2. The maximum absolute atomic E-state index is 14.4. The zero-order valence-corrected chi connectivity index (χ0v) is 23.3. The van der Waals surface area contributed by atoms with Gasteiger partial charge in [0.05, 0.1) is 24.3 Å². The fourth-order valence-electron chi connectivity index (χ4n) is 3.26. The summed E-state index contributed by atoms with van der Waals surface area (Å²) in [7, 11) is 0. The molecule has 0 spiro atoms. The van der Waals surface area contributed by atoms with Crippen molar-refractivity contribution in [2.24, 2.45) is 0 Å². The third-order valence-corrected chi connectivity index (χ3v) is 5.97. The number of halogens is 8. The van der Waals surface area contributed by atoms with Crippen LogP contribution in [0, 0.1) is 0 Å². The predicted molar refractivity (Wildman–Crippen MR) is 140 cm³/mol. The van der Waals surface area contributed by atoms with Gasteiger partial charge in [-0.15, -0.1) is 0 Å². The smallest absolute Gasteiger partial charge is 0.393 e. The highest BCUT2D eigenvalue weighted by atomic mass is 19.4. The summed E-state index contributed by atoms with van der Waals surface area (Å²) in [5, 5.41) is 2.38. The molecule has 0 aliphatic heterocycles. The normalized spacial score (nSPS) is 12.3. The van der Waals surface area contributed by atoms with Crippen LogP contribution in [0.1, 0.15) is 60.2 Å². The Balaban J connectivity index is 2.16. The van der Waals surface area contributed by atoms with Crippen molar-refractivity contribution in [2.45, 2.75) is 63.2 Å². The lowest BCUT2D eigenvalue weighted by molar-refractivity contribution is -0.345. The van der Waals surface area contributed by atoms with Crippen molar-refractivity contribution in [2.75, 3.05) is 23.8 Å². The zero-order valence-electron chi connectivity index (χ0n) is 23.3. The van der Waals surface area contributed by atoms with Gasteiger partial charge in [-0.05, 0) is 61.4 Å². The Hall–Kier alpha value is -4.24. The number of hydrogen-bond acceptors (Lipinski definition) is 6. The summed E-state index contributed by atoms with van der Waals surface area (Å²) in [5.74, 6) is -35.0. The summed E-state index contributed by atoms with van der Waals surface area (Å²) >= 11 is 0. The quantitative estimate of drug-likeness (QED) is 0.127. The molecule has 0 aliphatic carbocycles. The number of alkyl halides is 8. The van der Waals surface area contributed by atoms with E-state index in [1.807, 2.05) is 13.8 Å². The summed E-state index contributed by atoms with van der Waals surface area (Å²) < 4.78 is 125. The monoisotopic (exact) mass is 640 g/mol. The van der Waals surface area contributed by atoms with Crippen LogP contribution >= 0.6 is 0 Å². The van der Waals surface area contributed by atoms with Crippen LogP contribution in [0.4, 0.5) is 46.5 Å². The van der Waals surface area contributed by atoms with E-state index in [2.05, 4.69) is 0 Å².